The van der Waals surface area contributed by atoms with Crippen molar-refractivity contribution in [1.29, 1.82) is 0 Å². The standard InChI is InChI=1S/C24H25N5O4S/c30-11-21(32)29-13-24(14-29)9-18-7-17(10-25-22(18)27-23(24)33)1-2-20(31)28-5-3-16(4-6-28)8-19-12-34-15-26-19/h1-2,7-8,10,12,15,30H,3-6,9,11,13-14H2,(H,25,27,33)/b2-1+. The van der Waals surface area contributed by atoms with Crippen LogP contribution in [-0.2, 0) is 20.8 Å². The summed E-state index contributed by atoms with van der Waals surface area (Å²) in [7, 11) is 0. The number of carbonyl (C=O) groups excluding carboxylic acids is 3. The van der Waals surface area contributed by atoms with Gasteiger partial charge in [-0.15, -0.1) is 11.3 Å². The molecule has 5 heterocycles. The molecule has 0 aromatic carbocycles. The van der Waals surface area contributed by atoms with Crippen LogP contribution in [0.25, 0.3) is 12.2 Å². The van der Waals surface area contributed by atoms with Crippen LogP contribution in [0.15, 0.2) is 34.8 Å². The van der Waals surface area contributed by atoms with Gasteiger partial charge in [-0.05, 0) is 48.6 Å². The molecule has 3 amide bonds. The van der Waals surface area contributed by atoms with Gasteiger partial charge in [0, 0.05) is 43.8 Å². The van der Waals surface area contributed by atoms with E-state index in [1.165, 1.54) is 10.5 Å². The van der Waals surface area contributed by atoms with Gasteiger partial charge in [-0.25, -0.2) is 9.97 Å². The van der Waals surface area contributed by atoms with E-state index in [2.05, 4.69) is 21.4 Å². The van der Waals surface area contributed by atoms with E-state index in [9.17, 15) is 14.4 Å². The summed E-state index contributed by atoms with van der Waals surface area (Å²) in [6.45, 7) is 1.37. The number of nitrogens with zero attached hydrogens (tertiary/aromatic N) is 4. The number of carbonyl (C=O) groups is 3. The smallest absolute Gasteiger partial charge is 0.248 e. The summed E-state index contributed by atoms with van der Waals surface area (Å²) in [4.78, 5) is 48.9. The molecule has 0 unspecified atom stereocenters. The molecular formula is C24H25N5O4S. The second-order valence-electron chi connectivity index (χ2n) is 8.97. The van der Waals surface area contributed by atoms with Crippen molar-refractivity contribution in [1.82, 2.24) is 19.8 Å². The quantitative estimate of drug-likeness (QED) is 0.644. The molecule has 2 N–H and O–H groups in total. The van der Waals surface area contributed by atoms with Crippen LogP contribution in [0.1, 0.15) is 29.7 Å². The van der Waals surface area contributed by atoms with E-state index in [-0.39, 0.29) is 30.8 Å². The molecule has 0 aliphatic carbocycles. The summed E-state index contributed by atoms with van der Waals surface area (Å²) >= 11 is 1.57. The molecule has 3 aliphatic heterocycles. The van der Waals surface area contributed by atoms with Gasteiger partial charge in [-0.3, -0.25) is 14.4 Å². The second kappa shape index (κ2) is 9.11. The van der Waals surface area contributed by atoms with Crippen LogP contribution in [0.5, 0.6) is 0 Å². The fourth-order valence-electron chi connectivity index (χ4n) is 4.70. The first-order chi connectivity index (χ1) is 16.5. The molecule has 176 valence electrons. The molecule has 2 aromatic heterocycles. The van der Waals surface area contributed by atoms with E-state index < -0.39 is 12.0 Å². The largest absolute Gasteiger partial charge is 0.387 e. The van der Waals surface area contributed by atoms with E-state index in [1.807, 2.05) is 21.9 Å². The number of pyridine rings is 1. The highest BCUT2D eigenvalue weighted by atomic mass is 32.1. The van der Waals surface area contributed by atoms with Gasteiger partial charge in [-0.1, -0.05) is 5.57 Å². The molecule has 2 aromatic rings. The van der Waals surface area contributed by atoms with Crippen LogP contribution in [0, 0.1) is 5.41 Å². The predicted octanol–water partition coefficient (Wildman–Crippen LogP) is 1.57. The first kappa shape index (κ1) is 22.4. The third-order valence-electron chi connectivity index (χ3n) is 6.64. The number of anilines is 1. The van der Waals surface area contributed by atoms with Gasteiger partial charge >= 0.3 is 0 Å². The molecule has 5 rings (SSSR count). The fourth-order valence-corrected chi connectivity index (χ4v) is 5.21. The van der Waals surface area contributed by atoms with E-state index >= 15 is 0 Å². The van der Waals surface area contributed by atoms with Gasteiger partial charge in [0.15, 0.2) is 0 Å². The van der Waals surface area contributed by atoms with E-state index in [1.54, 1.807) is 29.7 Å². The minimum atomic E-state index is -0.685. The number of aromatic nitrogens is 2. The number of hydrogen-bond donors (Lipinski definition) is 2. The van der Waals surface area contributed by atoms with Crippen molar-refractivity contribution in [2.75, 3.05) is 38.1 Å². The van der Waals surface area contributed by atoms with Gasteiger partial charge in [0.25, 0.3) is 0 Å². The van der Waals surface area contributed by atoms with Crippen molar-refractivity contribution in [3.05, 3.63) is 51.6 Å². The van der Waals surface area contributed by atoms with Gasteiger partial charge in [-0.2, -0.15) is 0 Å². The molecule has 2 saturated heterocycles. The number of thiazole rings is 1. The van der Waals surface area contributed by atoms with E-state index in [0.717, 1.165) is 29.7 Å². The molecule has 0 bridgehead atoms. The van der Waals surface area contributed by atoms with E-state index in [4.69, 9.17) is 5.11 Å². The van der Waals surface area contributed by atoms with Gasteiger partial charge in [0.2, 0.25) is 17.7 Å². The van der Waals surface area contributed by atoms with Crippen LogP contribution in [0.2, 0.25) is 0 Å². The summed E-state index contributed by atoms with van der Waals surface area (Å²) in [5.74, 6) is -0.0453. The lowest BCUT2D eigenvalue weighted by molar-refractivity contribution is -0.153. The highest BCUT2D eigenvalue weighted by Crippen LogP contribution is 2.40. The lowest BCUT2D eigenvalue weighted by Crippen LogP contribution is -2.66. The number of aliphatic hydroxyl groups excluding tert-OH is 1. The Labute approximate surface area is 200 Å². The molecule has 0 saturated carbocycles. The SMILES string of the molecule is O=C(/C=C/c1cnc2c(c1)CC1(CN(C(=O)CO)C1)C(=O)N2)N1CCC(=Cc2cscn2)CC1. The average Bonchev–Trinajstić information content (AvgIpc) is 3.33. The molecule has 2 fully saturated rings. The van der Waals surface area contributed by atoms with Crippen LogP contribution >= 0.6 is 11.3 Å². The number of piperidine rings is 1. The fraction of sp³-hybridized carbons (Fsp3) is 0.375. The third-order valence-corrected chi connectivity index (χ3v) is 7.25. The Morgan fingerprint density at radius 1 is 1.21 bits per heavy atom. The molecule has 3 aliphatic rings. The number of amides is 3. The molecule has 10 heteroatoms. The summed E-state index contributed by atoms with van der Waals surface area (Å²) in [6, 6.07) is 1.93. The van der Waals surface area contributed by atoms with Crippen LogP contribution in [0.4, 0.5) is 5.82 Å². The topological polar surface area (TPSA) is 116 Å². The Balaban J connectivity index is 1.20. The highest BCUT2D eigenvalue weighted by molar-refractivity contribution is 7.07. The first-order valence-electron chi connectivity index (χ1n) is 11.2. The van der Waals surface area contributed by atoms with Crippen LogP contribution < -0.4 is 5.32 Å². The number of likely N-dealkylation sites (tertiary alicyclic amines) is 2. The molecular weight excluding hydrogens is 454 g/mol. The van der Waals surface area contributed by atoms with Crippen molar-refractivity contribution < 1.29 is 19.5 Å². The summed E-state index contributed by atoms with van der Waals surface area (Å²) in [5, 5.41) is 13.9. The lowest BCUT2D eigenvalue weighted by Gasteiger charge is -2.50. The number of rotatable bonds is 4. The molecule has 0 radical (unpaired) electrons. The predicted molar refractivity (Wildman–Crippen MR) is 128 cm³/mol. The van der Waals surface area contributed by atoms with Crippen molar-refractivity contribution in [3.8, 4) is 0 Å². The van der Waals surface area contributed by atoms with Crippen molar-refractivity contribution in [2.24, 2.45) is 5.41 Å². The zero-order valence-electron chi connectivity index (χ0n) is 18.6. The monoisotopic (exact) mass is 479 g/mol. The van der Waals surface area contributed by atoms with Gasteiger partial charge in [0.05, 0.1) is 16.6 Å². The average molecular weight is 480 g/mol. The first-order valence-corrected chi connectivity index (χ1v) is 12.1. The highest BCUT2D eigenvalue weighted by Gasteiger charge is 2.53. The van der Waals surface area contributed by atoms with Crippen molar-refractivity contribution >= 4 is 47.0 Å². The Kier molecular flexibility index (Phi) is 6.01. The normalized spacial score (nSPS) is 19.1. The minimum absolute atomic E-state index is 0.0349. The van der Waals surface area contributed by atoms with Gasteiger partial charge < -0.3 is 20.2 Å². The maximum atomic E-state index is 12.7. The number of aliphatic hydroxyl groups is 1. The number of hydrogen-bond acceptors (Lipinski definition) is 7. The Bertz CT molecular complexity index is 1170. The minimum Gasteiger partial charge on any atom is -0.387 e. The molecule has 34 heavy (non-hydrogen) atoms. The Morgan fingerprint density at radius 2 is 2.00 bits per heavy atom. The molecule has 1 spiro atoms. The molecule has 9 nitrogen and oxygen atoms in total. The summed E-state index contributed by atoms with van der Waals surface area (Å²) in [6.07, 6.45) is 9.21. The van der Waals surface area contributed by atoms with Crippen LogP contribution in [0.3, 0.4) is 0 Å². The zero-order valence-corrected chi connectivity index (χ0v) is 19.4. The second-order valence-corrected chi connectivity index (χ2v) is 9.69. The van der Waals surface area contributed by atoms with Crippen molar-refractivity contribution in [3.63, 3.8) is 0 Å². The zero-order chi connectivity index (χ0) is 23.7. The lowest BCUT2D eigenvalue weighted by atomic mass is 9.72. The maximum absolute atomic E-state index is 12.7. The Hall–Kier alpha value is -3.37. The summed E-state index contributed by atoms with van der Waals surface area (Å²) < 4.78 is 0. The van der Waals surface area contributed by atoms with Crippen LogP contribution in [-0.4, -0.2) is 75.4 Å². The Morgan fingerprint density at radius 3 is 2.71 bits per heavy atom. The number of fused-ring (bicyclic) bond motifs is 1. The van der Waals surface area contributed by atoms with Crippen molar-refractivity contribution in [2.45, 2.75) is 19.3 Å². The van der Waals surface area contributed by atoms with Gasteiger partial charge in [0.1, 0.15) is 12.4 Å². The maximum Gasteiger partial charge on any atom is 0.248 e. The van der Waals surface area contributed by atoms with E-state index in [0.29, 0.717) is 25.3 Å². The third kappa shape index (κ3) is 4.38. The number of nitrogens with one attached hydrogen (secondary N) is 1. The summed E-state index contributed by atoms with van der Waals surface area (Å²) in [5.41, 5.74) is 5.08. The molecule has 0 atom stereocenters.